The Morgan fingerprint density at radius 1 is 1.00 bits per heavy atom. The van der Waals surface area contributed by atoms with Gasteiger partial charge in [-0.2, -0.15) is 0 Å². The Kier molecular flexibility index (Phi) is 5.52. The summed E-state index contributed by atoms with van der Waals surface area (Å²) in [6.45, 7) is 15.0. The highest BCUT2D eigenvalue weighted by Gasteiger charge is 2.66. The molecule has 0 radical (unpaired) electrons. The van der Waals surface area contributed by atoms with Gasteiger partial charge in [-0.05, 0) is 92.1 Å². The summed E-state index contributed by atoms with van der Waals surface area (Å²) in [5.74, 6) is 0.595. The van der Waals surface area contributed by atoms with Gasteiger partial charge in [0, 0.05) is 0 Å². The topological polar surface area (TPSA) is 61.8 Å². The third kappa shape index (κ3) is 3.48. The molecule has 0 aromatic rings. The lowest BCUT2D eigenvalue weighted by atomic mass is 9.66. The highest BCUT2D eigenvalue weighted by Crippen LogP contribution is 2.72. The van der Waals surface area contributed by atoms with Gasteiger partial charge in [0.05, 0.1) is 0 Å². The molecule has 4 aliphatic carbocycles. The van der Waals surface area contributed by atoms with Gasteiger partial charge >= 0.3 is 12.1 Å². The van der Waals surface area contributed by atoms with Crippen LogP contribution in [0.1, 0.15) is 78.6 Å². The number of esters is 1. The van der Waals surface area contributed by atoms with Crippen molar-refractivity contribution in [3.63, 3.8) is 0 Å². The lowest BCUT2D eigenvalue weighted by Gasteiger charge is -2.41. The van der Waals surface area contributed by atoms with Gasteiger partial charge in [0.15, 0.2) is 0 Å². The second kappa shape index (κ2) is 7.72. The lowest BCUT2D eigenvalue weighted by Crippen LogP contribution is -2.38. The Balaban J connectivity index is 1.38. The average molecular weight is 417 g/mol. The minimum absolute atomic E-state index is 0.133. The highest BCUT2D eigenvalue weighted by atomic mass is 16.7. The van der Waals surface area contributed by atoms with Crippen LogP contribution in [0.25, 0.3) is 0 Å². The molecule has 0 aromatic heterocycles. The first-order valence-electron chi connectivity index (χ1n) is 11.6. The highest BCUT2D eigenvalue weighted by molar-refractivity contribution is 5.88. The predicted molar refractivity (Wildman–Crippen MR) is 113 cm³/mol. The fourth-order valence-corrected chi connectivity index (χ4v) is 7.21. The molecule has 4 fully saturated rings. The van der Waals surface area contributed by atoms with E-state index in [1.165, 1.54) is 12.8 Å². The van der Waals surface area contributed by atoms with E-state index in [1.54, 1.807) is 0 Å². The summed E-state index contributed by atoms with van der Waals surface area (Å²) in [6.07, 6.45) is 8.01. The van der Waals surface area contributed by atoms with Gasteiger partial charge in [-0.1, -0.05) is 33.8 Å². The van der Waals surface area contributed by atoms with E-state index >= 15 is 0 Å². The van der Waals surface area contributed by atoms with Crippen molar-refractivity contribution < 1.29 is 23.8 Å². The first-order chi connectivity index (χ1) is 14.1. The monoisotopic (exact) mass is 416 g/mol. The second-order valence-electron chi connectivity index (χ2n) is 10.7. The van der Waals surface area contributed by atoms with Crippen LogP contribution in [0.4, 0.5) is 4.79 Å². The maximum atomic E-state index is 12.7. The largest absolute Gasteiger partial charge is 0.514 e. The number of carbonyl (C=O) groups excluding carboxylic acids is 2. The molecular formula is C25H36O5. The first-order valence-corrected chi connectivity index (χ1v) is 11.6. The SMILES string of the molecule is C=C(OC(=O)OC1CCCCC1)C(=O)OC1CC23CC(C1=C)C(C)(C)[C@@H]2CC[C@H]3C. The van der Waals surface area contributed by atoms with Crippen LogP contribution in [0.3, 0.4) is 0 Å². The Morgan fingerprint density at radius 3 is 2.40 bits per heavy atom. The van der Waals surface area contributed by atoms with E-state index in [0.717, 1.165) is 50.5 Å². The van der Waals surface area contributed by atoms with E-state index in [9.17, 15) is 9.59 Å². The molecule has 0 saturated heterocycles. The van der Waals surface area contributed by atoms with Crippen LogP contribution in [0.2, 0.25) is 0 Å². The molecule has 5 heteroatoms. The molecule has 0 amide bonds. The molecule has 0 aromatic carbocycles. The molecule has 4 aliphatic rings. The van der Waals surface area contributed by atoms with Crippen LogP contribution < -0.4 is 0 Å². The molecular weight excluding hydrogens is 380 g/mol. The number of hydrogen-bond donors (Lipinski definition) is 0. The van der Waals surface area contributed by atoms with Gasteiger partial charge in [-0.3, -0.25) is 0 Å². The Labute approximate surface area is 180 Å². The predicted octanol–water partition coefficient (Wildman–Crippen LogP) is 5.94. The van der Waals surface area contributed by atoms with E-state index in [4.69, 9.17) is 14.2 Å². The Morgan fingerprint density at radius 2 is 1.70 bits per heavy atom. The zero-order chi connectivity index (χ0) is 21.7. The van der Waals surface area contributed by atoms with Crippen molar-refractivity contribution in [1.29, 1.82) is 0 Å². The molecule has 0 aliphatic heterocycles. The van der Waals surface area contributed by atoms with Crippen LogP contribution in [-0.4, -0.2) is 24.3 Å². The zero-order valence-corrected chi connectivity index (χ0v) is 18.7. The van der Waals surface area contributed by atoms with E-state index in [1.807, 2.05) is 0 Å². The molecule has 5 atom stereocenters. The maximum absolute atomic E-state index is 12.7. The smallest absolute Gasteiger partial charge is 0.452 e. The molecule has 4 rings (SSSR count). The molecule has 5 nitrogen and oxygen atoms in total. The van der Waals surface area contributed by atoms with E-state index in [2.05, 4.69) is 33.9 Å². The van der Waals surface area contributed by atoms with Crippen LogP contribution in [0, 0.1) is 28.6 Å². The summed E-state index contributed by atoms with van der Waals surface area (Å²) in [5, 5.41) is 0. The van der Waals surface area contributed by atoms with Gasteiger partial charge in [-0.25, -0.2) is 9.59 Å². The van der Waals surface area contributed by atoms with Crippen molar-refractivity contribution >= 4 is 12.1 Å². The molecule has 2 bridgehead atoms. The molecule has 1 spiro atoms. The number of ether oxygens (including phenoxy) is 3. The van der Waals surface area contributed by atoms with Gasteiger partial charge in [-0.15, -0.1) is 0 Å². The molecule has 0 heterocycles. The van der Waals surface area contributed by atoms with Crippen LogP contribution >= 0.6 is 0 Å². The summed E-state index contributed by atoms with van der Waals surface area (Å²) in [6, 6.07) is 0. The standard InChI is InChI=1S/C25H36O5/c1-15-11-12-21-24(4,5)19-13-25(15,21)14-20(16(19)2)30-22(26)17(3)28-23(27)29-18-9-7-6-8-10-18/h15,18-21H,2-3,6-14H2,1,4-5H3/t15-,19?,20?,21+,25?/m1/s1. The minimum atomic E-state index is -0.865. The summed E-state index contributed by atoms with van der Waals surface area (Å²) >= 11 is 0. The molecule has 0 N–H and O–H groups in total. The minimum Gasteiger partial charge on any atom is -0.452 e. The third-order valence-corrected chi connectivity index (χ3v) is 8.87. The van der Waals surface area contributed by atoms with Gasteiger partial charge in [0.2, 0.25) is 5.76 Å². The maximum Gasteiger partial charge on any atom is 0.514 e. The summed E-state index contributed by atoms with van der Waals surface area (Å²) in [4.78, 5) is 24.7. The fraction of sp³-hybridized carbons (Fsp3) is 0.760. The van der Waals surface area contributed by atoms with Gasteiger partial charge < -0.3 is 14.2 Å². The van der Waals surface area contributed by atoms with Crippen molar-refractivity contribution in [2.24, 2.45) is 28.6 Å². The van der Waals surface area contributed by atoms with Crippen molar-refractivity contribution in [3.8, 4) is 0 Å². The number of rotatable bonds is 4. The summed E-state index contributed by atoms with van der Waals surface area (Å²) in [7, 11) is 0. The fourth-order valence-electron chi connectivity index (χ4n) is 7.21. The normalized spacial score (nSPS) is 37.4. The molecule has 4 saturated carbocycles. The third-order valence-electron chi connectivity index (χ3n) is 8.87. The second-order valence-corrected chi connectivity index (χ2v) is 10.7. The van der Waals surface area contributed by atoms with Crippen LogP contribution in [0.15, 0.2) is 24.5 Å². The van der Waals surface area contributed by atoms with Crippen molar-refractivity contribution in [3.05, 3.63) is 24.5 Å². The molecule has 3 unspecified atom stereocenters. The van der Waals surface area contributed by atoms with Crippen molar-refractivity contribution in [1.82, 2.24) is 0 Å². The summed E-state index contributed by atoms with van der Waals surface area (Å²) < 4.78 is 16.2. The first kappa shape index (κ1) is 21.5. The van der Waals surface area contributed by atoms with Crippen molar-refractivity contribution in [2.45, 2.75) is 90.8 Å². The number of carbonyl (C=O) groups is 2. The zero-order valence-electron chi connectivity index (χ0n) is 18.7. The Hall–Kier alpha value is -1.78. The van der Waals surface area contributed by atoms with Gasteiger partial charge in [0.25, 0.3) is 0 Å². The van der Waals surface area contributed by atoms with Crippen molar-refractivity contribution in [2.75, 3.05) is 0 Å². The van der Waals surface area contributed by atoms with E-state index in [0.29, 0.717) is 17.8 Å². The Bertz CT molecular complexity index is 747. The molecule has 30 heavy (non-hydrogen) atoms. The summed E-state index contributed by atoms with van der Waals surface area (Å²) in [5.41, 5.74) is 1.38. The van der Waals surface area contributed by atoms with Gasteiger partial charge in [0.1, 0.15) is 12.2 Å². The van der Waals surface area contributed by atoms with E-state index in [-0.39, 0.29) is 28.8 Å². The van der Waals surface area contributed by atoms with Crippen LogP contribution in [0.5, 0.6) is 0 Å². The van der Waals surface area contributed by atoms with Crippen LogP contribution in [-0.2, 0) is 19.0 Å². The average Bonchev–Trinajstić information content (AvgIpc) is 3.10. The molecule has 166 valence electrons. The van der Waals surface area contributed by atoms with E-state index < -0.39 is 12.1 Å². The quantitative estimate of drug-likeness (QED) is 0.246. The lowest BCUT2D eigenvalue weighted by molar-refractivity contribution is -0.149. The number of fused-ring (bicyclic) bond motifs is 1. The number of hydrogen-bond acceptors (Lipinski definition) is 5.